The molecule has 0 aliphatic rings. The Labute approximate surface area is 142 Å². The topological polar surface area (TPSA) is 66.9 Å². The Hall–Kier alpha value is -3.35. The van der Waals surface area contributed by atoms with Crippen LogP contribution in [0, 0.1) is 18.6 Å². The smallest absolute Gasteiger partial charge is 0.276 e. The first-order valence-corrected chi connectivity index (χ1v) is 7.46. The quantitative estimate of drug-likeness (QED) is 0.752. The van der Waals surface area contributed by atoms with Crippen molar-refractivity contribution >= 4 is 23.1 Å². The predicted molar refractivity (Wildman–Crippen MR) is 90.8 cm³/mol. The number of nitrogens with zero attached hydrogens (tertiary/aromatic N) is 2. The number of aromatic nitrogens is 2. The fraction of sp³-hybridized carbons (Fsp3) is 0.0556. The second-order valence-electron chi connectivity index (χ2n) is 5.35. The number of carbonyl (C=O) groups excluding carboxylic acids is 1. The first-order chi connectivity index (χ1) is 12.0. The number of amides is 1. The third kappa shape index (κ3) is 3.95. The lowest BCUT2D eigenvalue weighted by Gasteiger charge is -2.08. The van der Waals surface area contributed by atoms with Crippen molar-refractivity contribution in [3.8, 4) is 0 Å². The van der Waals surface area contributed by atoms with Crippen molar-refractivity contribution in [2.24, 2.45) is 0 Å². The average molecular weight is 340 g/mol. The van der Waals surface area contributed by atoms with Crippen molar-refractivity contribution in [1.29, 1.82) is 0 Å². The number of anilines is 3. The van der Waals surface area contributed by atoms with Gasteiger partial charge in [0.15, 0.2) is 11.5 Å². The van der Waals surface area contributed by atoms with E-state index in [2.05, 4.69) is 20.8 Å². The van der Waals surface area contributed by atoms with Crippen molar-refractivity contribution in [2.45, 2.75) is 6.92 Å². The van der Waals surface area contributed by atoms with Crippen molar-refractivity contribution in [1.82, 2.24) is 10.2 Å². The summed E-state index contributed by atoms with van der Waals surface area (Å²) >= 11 is 0. The number of hydrogen-bond acceptors (Lipinski definition) is 4. The van der Waals surface area contributed by atoms with Gasteiger partial charge in [0, 0.05) is 5.69 Å². The summed E-state index contributed by atoms with van der Waals surface area (Å²) < 4.78 is 27.2. The van der Waals surface area contributed by atoms with Gasteiger partial charge >= 0.3 is 0 Å². The van der Waals surface area contributed by atoms with Gasteiger partial charge in [-0.1, -0.05) is 23.8 Å². The Bertz CT molecular complexity index is 876. The summed E-state index contributed by atoms with van der Waals surface area (Å²) in [4.78, 5) is 12.1. The van der Waals surface area contributed by atoms with Crippen molar-refractivity contribution in [3.05, 3.63) is 77.5 Å². The second-order valence-corrected chi connectivity index (χ2v) is 5.35. The van der Waals surface area contributed by atoms with Crippen LogP contribution in [0.25, 0.3) is 0 Å². The monoisotopic (exact) mass is 340 g/mol. The molecule has 0 saturated carbocycles. The molecule has 0 fully saturated rings. The molecule has 0 unspecified atom stereocenters. The zero-order chi connectivity index (χ0) is 17.8. The summed E-state index contributed by atoms with van der Waals surface area (Å²) in [7, 11) is 0. The summed E-state index contributed by atoms with van der Waals surface area (Å²) in [5.41, 5.74) is 1.47. The molecule has 0 aliphatic heterocycles. The number of para-hydroxylation sites is 1. The predicted octanol–water partition coefficient (Wildman–Crippen LogP) is 4.06. The van der Waals surface area contributed by atoms with Gasteiger partial charge in [-0.05, 0) is 43.3 Å². The second kappa shape index (κ2) is 7.04. The largest absolute Gasteiger partial charge is 0.334 e. The SMILES string of the molecule is Cc1ccc(NC(=O)c2ccc(Nc3c(F)cccc3F)nn2)cc1. The minimum Gasteiger partial charge on any atom is -0.334 e. The third-order valence-corrected chi connectivity index (χ3v) is 3.42. The molecular formula is C18H14F2N4O. The highest BCUT2D eigenvalue weighted by Gasteiger charge is 2.11. The molecule has 2 aromatic carbocycles. The Morgan fingerprint density at radius 2 is 1.60 bits per heavy atom. The molecule has 1 heterocycles. The molecule has 3 rings (SSSR count). The standard InChI is InChI=1S/C18H14F2N4O/c1-11-5-7-12(8-6-11)21-18(25)15-9-10-16(24-23-15)22-17-13(19)3-2-4-14(17)20/h2-10H,1H3,(H,21,25)(H,22,24). The minimum atomic E-state index is -0.747. The van der Waals surface area contributed by atoms with E-state index in [0.29, 0.717) is 5.69 Å². The number of benzene rings is 2. The van der Waals surface area contributed by atoms with E-state index in [4.69, 9.17) is 0 Å². The molecule has 0 atom stereocenters. The molecule has 0 aliphatic carbocycles. The van der Waals surface area contributed by atoms with E-state index in [0.717, 1.165) is 17.7 Å². The lowest BCUT2D eigenvalue weighted by atomic mass is 10.2. The summed E-state index contributed by atoms with van der Waals surface area (Å²) in [5.74, 6) is -1.80. The molecular weight excluding hydrogens is 326 g/mol. The molecule has 1 aromatic heterocycles. The molecule has 0 spiro atoms. The summed E-state index contributed by atoms with van der Waals surface area (Å²) in [6.07, 6.45) is 0. The van der Waals surface area contributed by atoms with Crippen molar-refractivity contribution in [3.63, 3.8) is 0 Å². The van der Waals surface area contributed by atoms with Crippen LogP contribution < -0.4 is 10.6 Å². The van der Waals surface area contributed by atoms with Gasteiger partial charge in [0.1, 0.15) is 17.3 Å². The van der Waals surface area contributed by atoms with Crippen molar-refractivity contribution < 1.29 is 13.6 Å². The normalized spacial score (nSPS) is 10.4. The highest BCUT2D eigenvalue weighted by atomic mass is 19.1. The van der Waals surface area contributed by atoms with Gasteiger partial charge in [0.05, 0.1) is 0 Å². The van der Waals surface area contributed by atoms with Gasteiger partial charge in [0.25, 0.3) is 5.91 Å². The molecule has 7 heteroatoms. The van der Waals surface area contributed by atoms with Gasteiger partial charge in [-0.25, -0.2) is 8.78 Å². The molecule has 0 bridgehead atoms. The number of nitrogens with one attached hydrogen (secondary N) is 2. The lowest BCUT2D eigenvalue weighted by molar-refractivity contribution is 0.102. The Morgan fingerprint density at radius 1 is 0.920 bits per heavy atom. The van der Waals surface area contributed by atoms with Crippen LogP contribution in [0.4, 0.5) is 26.0 Å². The average Bonchev–Trinajstić information content (AvgIpc) is 2.61. The summed E-state index contributed by atoms with van der Waals surface area (Å²) in [5, 5.41) is 12.8. The molecule has 5 nitrogen and oxygen atoms in total. The number of carbonyl (C=O) groups is 1. The van der Waals surface area contributed by atoms with Crippen molar-refractivity contribution in [2.75, 3.05) is 10.6 Å². The highest BCUT2D eigenvalue weighted by Crippen LogP contribution is 2.21. The highest BCUT2D eigenvalue weighted by molar-refractivity contribution is 6.02. The van der Waals surface area contributed by atoms with Gasteiger partial charge < -0.3 is 10.6 Å². The number of rotatable bonds is 4. The van der Waals surface area contributed by atoms with Crippen LogP contribution in [0.3, 0.4) is 0 Å². The fourth-order valence-electron chi connectivity index (χ4n) is 2.10. The Kier molecular flexibility index (Phi) is 4.65. The maximum absolute atomic E-state index is 13.6. The maximum atomic E-state index is 13.6. The van der Waals surface area contributed by atoms with E-state index in [-0.39, 0.29) is 17.2 Å². The zero-order valence-electron chi connectivity index (χ0n) is 13.3. The van der Waals surface area contributed by atoms with Gasteiger partial charge in [0.2, 0.25) is 0 Å². The van der Waals surface area contributed by atoms with E-state index < -0.39 is 17.5 Å². The molecule has 126 valence electrons. The molecule has 25 heavy (non-hydrogen) atoms. The lowest BCUT2D eigenvalue weighted by Crippen LogP contribution is -2.14. The summed E-state index contributed by atoms with van der Waals surface area (Å²) in [6, 6.07) is 13.6. The van der Waals surface area contributed by atoms with Crippen LogP contribution in [-0.4, -0.2) is 16.1 Å². The minimum absolute atomic E-state index is 0.0835. The van der Waals surface area contributed by atoms with Crippen LogP contribution in [0.5, 0.6) is 0 Å². The van der Waals surface area contributed by atoms with Gasteiger partial charge in [-0.2, -0.15) is 0 Å². The van der Waals surface area contributed by atoms with E-state index in [9.17, 15) is 13.6 Å². The van der Waals surface area contributed by atoms with E-state index in [1.807, 2.05) is 19.1 Å². The molecule has 0 saturated heterocycles. The number of aryl methyl sites for hydroxylation is 1. The van der Waals surface area contributed by atoms with E-state index in [1.165, 1.54) is 18.2 Å². The third-order valence-electron chi connectivity index (χ3n) is 3.42. The van der Waals surface area contributed by atoms with Crippen LogP contribution in [-0.2, 0) is 0 Å². The first-order valence-electron chi connectivity index (χ1n) is 7.46. The van der Waals surface area contributed by atoms with Crippen LogP contribution in [0.15, 0.2) is 54.6 Å². The zero-order valence-corrected chi connectivity index (χ0v) is 13.3. The summed E-state index contributed by atoms with van der Waals surface area (Å²) in [6.45, 7) is 1.95. The number of hydrogen-bond donors (Lipinski definition) is 2. The van der Waals surface area contributed by atoms with Gasteiger partial charge in [-0.15, -0.1) is 10.2 Å². The van der Waals surface area contributed by atoms with E-state index in [1.54, 1.807) is 12.1 Å². The Morgan fingerprint density at radius 3 is 2.20 bits per heavy atom. The molecule has 3 aromatic rings. The molecule has 1 amide bonds. The number of halogens is 2. The maximum Gasteiger partial charge on any atom is 0.276 e. The van der Waals surface area contributed by atoms with Crippen LogP contribution >= 0.6 is 0 Å². The molecule has 2 N–H and O–H groups in total. The first kappa shape index (κ1) is 16.5. The van der Waals surface area contributed by atoms with Gasteiger partial charge in [-0.3, -0.25) is 4.79 Å². The van der Waals surface area contributed by atoms with Crippen LogP contribution in [0.1, 0.15) is 16.1 Å². The van der Waals surface area contributed by atoms with Crippen LogP contribution in [0.2, 0.25) is 0 Å². The molecule has 0 radical (unpaired) electrons. The van der Waals surface area contributed by atoms with E-state index >= 15 is 0 Å². The Balaban J connectivity index is 1.71. The fourth-order valence-corrected chi connectivity index (χ4v) is 2.10.